The summed E-state index contributed by atoms with van der Waals surface area (Å²) in [7, 11) is 0. The summed E-state index contributed by atoms with van der Waals surface area (Å²) in [6.07, 6.45) is 0. The van der Waals surface area contributed by atoms with Crippen LogP contribution in [0.2, 0.25) is 0 Å². The first-order valence-corrected chi connectivity index (χ1v) is 7.91. The zero-order chi connectivity index (χ0) is 14.7. The summed E-state index contributed by atoms with van der Waals surface area (Å²) in [5.41, 5.74) is 1.69. The van der Waals surface area contributed by atoms with Crippen LogP contribution in [0.5, 0.6) is 0 Å². The van der Waals surface area contributed by atoms with Crippen molar-refractivity contribution in [3.8, 4) is 0 Å². The van der Waals surface area contributed by atoms with Crippen LogP contribution in [0.3, 0.4) is 0 Å². The third-order valence-electron chi connectivity index (χ3n) is 2.82. The summed E-state index contributed by atoms with van der Waals surface area (Å²) >= 11 is 2.20. The van der Waals surface area contributed by atoms with E-state index in [1.54, 1.807) is 23.5 Å². The van der Waals surface area contributed by atoms with Gasteiger partial charge in [-0.05, 0) is 32.9 Å². The zero-order valence-corrected chi connectivity index (χ0v) is 13.1. The molecule has 20 heavy (non-hydrogen) atoms. The molecule has 0 aliphatic heterocycles. The van der Waals surface area contributed by atoms with Crippen molar-refractivity contribution in [3.63, 3.8) is 0 Å². The SMILES string of the molecule is Cc1nc(C(C)Nc2ccccc2SC(F)F)c(C)s1. The minimum Gasteiger partial charge on any atom is -0.376 e. The highest BCUT2D eigenvalue weighted by Crippen LogP contribution is 2.34. The number of nitrogens with zero attached hydrogens (tertiary/aromatic N) is 1. The standard InChI is InChI=1S/C14H16F2N2S2/c1-8(13-9(2)19-10(3)18-13)17-11-6-4-5-7-12(11)20-14(15)16/h4-8,14,17H,1-3H3. The number of thiazole rings is 1. The first-order chi connectivity index (χ1) is 9.47. The van der Waals surface area contributed by atoms with E-state index >= 15 is 0 Å². The highest BCUT2D eigenvalue weighted by Gasteiger charge is 2.15. The van der Waals surface area contributed by atoms with E-state index in [0.29, 0.717) is 16.7 Å². The molecule has 1 aromatic carbocycles. The maximum absolute atomic E-state index is 12.6. The molecule has 0 aliphatic rings. The largest absolute Gasteiger partial charge is 0.376 e. The molecule has 6 heteroatoms. The lowest BCUT2D eigenvalue weighted by atomic mass is 10.2. The Labute approximate surface area is 125 Å². The van der Waals surface area contributed by atoms with Crippen LogP contribution in [0.1, 0.15) is 28.5 Å². The van der Waals surface area contributed by atoms with Crippen molar-refractivity contribution < 1.29 is 8.78 Å². The lowest BCUT2D eigenvalue weighted by Crippen LogP contribution is -2.09. The Morgan fingerprint density at radius 3 is 2.55 bits per heavy atom. The quantitative estimate of drug-likeness (QED) is 0.763. The fraction of sp³-hybridized carbons (Fsp3) is 0.357. The summed E-state index contributed by atoms with van der Waals surface area (Å²) in [4.78, 5) is 6.21. The lowest BCUT2D eigenvalue weighted by molar-refractivity contribution is 0.252. The number of aromatic nitrogens is 1. The molecule has 1 heterocycles. The fourth-order valence-corrected chi connectivity index (χ4v) is 3.55. The van der Waals surface area contributed by atoms with Gasteiger partial charge in [-0.1, -0.05) is 23.9 Å². The molecule has 0 fully saturated rings. The molecule has 0 amide bonds. The van der Waals surface area contributed by atoms with Gasteiger partial charge in [0, 0.05) is 15.5 Å². The molecule has 1 unspecified atom stereocenters. The third kappa shape index (κ3) is 3.70. The number of benzene rings is 1. The molecule has 0 aliphatic carbocycles. The van der Waals surface area contributed by atoms with E-state index in [4.69, 9.17) is 0 Å². The summed E-state index contributed by atoms with van der Waals surface area (Å²) < 4.78 is 25.1. The number of alkyl halides is 2. The average molecular weight is 314 g/mol. The Morgan fingerprint density at radius 2 is 1.95 bits per heavy atom. The topological polar surface area (TPSA) is 24.9 Å². The molecule has 2 nitrogen and oxygen atoms in total. The smallest absolute Gasteiger partial charge is 0.288 e. The van der Waals surface area contributed by atoms with E-state index < -0.39 is 5.76 Å². The van der Waals surface area contributed by atoms with Crippen LogP contribution in [0.15, 0.2) is 29.2 Å². The second kappa shape index (κ2) is 6.54. The van der Waals surface area contributed by atoms with Gasteiger partial charge in [-0.25, -0.2) is 4.98 Å². The van der Waals surface area contributed by atoms with Crippen LogP contribution in [-0.2, 0) is 0 Å². The number of halogens is 2. The molecule has 0 bridgehead atoms. The predicted molar refractivity (Wildman–Crippen MR) is 81.9 cm³/mol. The van der Waals surface area contributed by atoms with E-state index in [2.05, 4.69) is 10.3 Å². The molecular formula is C14H16F2N2S2. The third-order valence-corrected chi connectivity index (χ3v) is 4.51. The van der Waals surface area contributed by atoms with E-state index in [1.165, 1.54) is 0 Å². The van der Waals surface area contributed by atoms with Gasteiger partial charge in [-0.15, -0.1) is 11.3 Å². The van der Waals surface area contributed by atoms with E-state index in [-0.39, 0.29) is 6.04 Å². The molecular weight excluding hydrogens is 298 g/mol. The fourth-order valence-electron chi connectivity index (χ4n) is 2.03. The Balaban J connectivity index is 2.19. The Hall–Kier alpha value is -1.14. The van der Waals surface area contributed by atoms with Crippen molar-refractivity contribution in [1.82, 2.24) is 4.98 Å². The Morgan fingerprint density at radius 1 is 1.25 bits per heavy atom. The number of anilines is 1. The average Bonchev–Trinajstić information content (AvgIpc) is 2.70. The highest BCUT2D eigenvalue weighted by atomic mass is 32.2. The van der Waals surface area contributed by atoms with Crippen molar-refractivity contribution in [2.24, 2.45) is 0 Å². The van der Waals surface area contributed by atoms with Crippen molar-refractivity contribution in [1.29, 1.82) is 0 Å². The van der Waals surface area contributed by atoms with Crippen molar-refractivity contribution >= 4 is 28.8 Å². The van der Waals surface area contributed by atoms with E-state index in [0.717, 1.165) is 21.3 Å². The van der Waals surface area contributed by atoms with Gasteiger partial charge in [0.1, 0.15) is 0 Å². The van der Waals surface area contributed by atoms with Crippen molar-refractivity contribution in [2.75, 3.05) is 5.32 Å². The van der Waals surface area contributed by atoms with Crippen LogP contribution < -0.4 is 5.32 Å². The minimum absolute atomic E-state index is 0.0145. The van der Waals surface area contributed by atoms with Gasteiger partial charge in [0.15, 0.2) is 0 Å². The van der Waals surface area contributed by atoms with Crippen LogP contribution in [0.4, 0.5) is 14.5 Å². The van der Waals surface area contributed by atoms with Gasteiger partial charge in [-0.2, -0.15) is 8.78 Å². The van der Waals surface area contributed by atoms with Gasteiger partial charge < -0.3 is 5.32 Å². The molecule has 0 saturated carbocycles. The van der Waals surface area contributed by atoms with E-state index in [1.807, 2.05) is 32.9 Å². The van der Waals surface area contributed by atoms with Crippen LogP contribution >= 0.6 is 23.1 Å². The van der Waals surface area contributed by atoms with Crippen molar-refractivity contribution in [3.05, 3.63) is 39.8 Å². The molecule has 1 aromatic heterocycles. The lowest BCUT2D eigenvalue weighted by Gasteiger charge is -2.17. The second-order valence-electron chi connectivity index (χ2n) is 4.41. The van der Waals surface area contributed by atoms with Gasteiger partial charge in [0.05, 0.1) is 16.7 Å². The summed E-state index contributed by atoms with van der Waals surface area (Å²) in [6.45, 7) is 5.98. The second-order valence-corrected chi connectivity index (χ2v) is 6.85. The van der Waals surface area contributed by atoms with Gasteiger partial charge in [0.2, 0.25) is 0 Å². The number of hydrogen-bond acceptors (Lipinski definition) is 4. The summed E-state index contributed by atoms with van der Waals surface area (Å²) in [6, 6.07) is 7.10. The van der Waals surface area contributed by atoms with Gasteiger partial charge in [-0.3, -0.25) is 0 Å². The van der Waals surface area contributed by atoms with Crippen molar-refractivity contribution in [2.45, 2.75) is 37.5 Å². The van der Waals surface area contributed by atoms with Crippen LogP contribution in [-0.4, -0.2) is 10.7 Å². The number of nitrogens with one attached hydrogen (secondary N) is 1. The van der Waals surface area contributed by atoms with Gasteiger partial charge >= 0.3 is 0 Å². The minimum atomic E-state index is -2.42. The van der Waals surface area contributed by atoms with Gasteiger partial charge in [0.25, 0.3) is 5.76 Å². The molecule has 2 rings (SSSR count). The first-order valence-electron chi connectivity index (χ1n) is 6.21. The molecule has 1 atom stereocenters. The number of para-hydroxylation sites is 1. The number of aryl methyl sites for hydroxylation is 2. The first kappa shape index (κ1) is 15.3. The Bertz CT molecular complexity index is 584. The molecule has 2 aromatic rings. The summed E-state index contributed by atoms with van der Waals surface area (Å²) in [5.74, 6) is -2.42. The number of thioether (sulfide) groups is 1. The molecule has 0 saturated heterocycles. The monoisotopic (exact) mass is 314 g/mol. The molecule has 1 N–H and O–H groups in total. The highest BCUT2D eigenvalue weighted by molar-refractivity contribution is 7.99. The molecule has 0 radical (unpaired) electrons. The van der Waals surface area contributed by atoms with Crippen LogP contribution in [0, 0.1) is 13.8 Å². The molecule has 108 valence electrons. The summed E-state index contributed by atoms with van der Waals surface area (Å²) in [5, 5.41) is 4.29. The predicted octanol–water partition coefficient (Wildman–Crippen LogP) is 5.25. The maximum Gasteiger partial charge on any atom is 0.288 e. The van der Waals surface area contributed by atoms with Crippen LogP contribution in [0.25, 0.3) is 0 Å². The van der Waals surface area contributed by atoms with E-state index in [9.17, 15) is 8.78 Å². The number of rotatable bonds is 5. The zero-order valence-electron chi connectivity index (χ0n) is 11.5. The maximum atomic E-state index is 12.6. The Kier molecular flexibility index (Phi) is 4.99. The molecule has 0 spiro atoms. The number of hydrogen-bond donors (Lipinski definition) is 1. The normalized spacial score (nSPS) is 12.7.